The molecule has 0 radical (unpaired) electrons. The highest BCUT2D eigenvalue weighted by molar-refractivity contribution is 5.74. The lowest BCUT2D eigenvalue weighted by Gasteiger charge is -2.28. The molecule has 0 aliphatic carbocycles. The molecule has 6 aliphatic rings. The molecular weight excluding hydrogens is 1170 g/mol. The van der Waals surface area contributed by atoms with Crippen LogP contribution in [0, 0.1) is 0 Å². The molecule has 8 aromatic rings. The minimum atomic E-state index is -0.247. The number of hydrogen-bond acceptors (Lipinski definition) is 14. The van der Waals surface area contributed by atoms with Gasteiger partial charge in [-0.2, -0.15) is 0 Å². The third-order valence-electron chi connectivity index (χ3n) is 17.6. The van der Waals surface area contributed by atoms with Gasteiger partial charge in [-0.1, -0.05) is 163 Å². The zero-order valence-corrected chi connectivity index (χ0v) is 54.5. The van der Waals surface area contributed by atoms with Crippen LogP contribution in [-0.4, -0.2) is 142 Å². The summed E-state index contributed by atoms with van der Waals surface area (Å²) in [6.07, 6.45) is 1.57. The largest absolute Gasteiger partial charge is 0.491 e. The summed E-state index contributed by atoms with van der Waals surface area (Å²) in [5.74, 6) is 5.26. The molecule has 0 N–H and O–H groups in total. The average molecular weight is 1260 g/mol. The Kier molecular flexibility index (Phi) is 21.4. The van der Waals surface area contributed by atoms with Crippen LogP contribution in [0.1, 0.15) is 74.9 Å². The molecule has 14 nitrogen and oxygen atoms in total. The van der Waals surface area contributed by atoms with Crippen LogP contribution in [0.25, 0.3) is 22.3 Å². The van der Waals surface area contributed by atoms with Crippen LogP contribution in [0.3, 0.4) is 0 Å². The van der Waals surface area contributed by atoms with Crippen LogP contribution < -0.4 is 28.4 Å². The summed E-state index contributed by atoms with van der Waals surface area (Å²) in [6, 6.07) is 67.3. The normalized spacial score (nSPS) is 19.7. The minimum Gasteiger partial charge on any atom is -0.491 e. The average Bonchev–Trinajstić information content (AvgIpc) is 1.79. The van der Waals surface area contributed by atoms with Gasteiger partial charge < -0.3 is 66.3 Å². The van der Waals surface area contributed by atoms with Crippen molar-refractivity contribution in [2.45, 2.75) is 94.4 Å². The third-order valence-corrected chi connectivity index (χ3v) is 17.6. The lowest BCUT2D eigenvalue weighted by molar-refractivity contribution is 0.0878. The molecule has 0 amide bonds. The summed E-state index contributed by atoms with van der Waals surface area (Å²) in [4.78, 5) is 0. The van der Waals surface area contributed by atoms with Crippen molar-refractivity contribution in [2.75, 3.05) is 106 Å². The van der Waals surface area contributed by atoms with Crippen molar-refractivity contribution in [3.63, 3.8) is 0 Å². The fourth-order valence-corrected chi connectivity index (χ4v) is 10.7. The molecule has 6 heterocycles. The lowest BCUT2D eigenvalue weighted by atomic mass is 9.76. The summed E-state index contributed by atoms with van der Waals surface area (Å²) < 4.78 is 77.6. The molecule has 6 fully saturated rings. The van der Waals surface area contributed by atoms with Crippen molar-refractivity contribution in [1.29, 1.82) is 0 Å². The maximum atomic E-state index is 6.18. The Morgan fingerprint density at radius 1 is 0.280 bits per heavy atom. The van der Waals surface area contributed by atoms with E-state index in [-0.39, 0.29) is 40.7 Å². The molecule has 14 heteroatoms. The zero-order valence-electron chi connectivity index (χ0n) is 54.5. The molecule has 0 aromatic heterocycles. The Hall–Kier alpha value is -7.76. The number of benzene rings is 8. The summed E-state index contributed by atoms with van der Waals surface area (Å²) in [6.45, 7) is 24.3. The van der Waals surface area contributed by atoms with Gasteiger partial charge in [0.1, 0.15) is 111 Å². The molecule has 488 valence electrons. The highest BCUT2D eigenvalue weighted by Gasteiger charge is 2.31. The highest BCUT2D eigenvalue weighted by atomic mass is 16.6. The fourth-order valence-electron chi connectivity index (χ4n) is 10.7. The Balaban J connectivity index is 0.000000137. The zero-order chi connectivity index (χ0) is 64.0. The van der Waals surface area contributed by atoms with Gasteiger partial charge in [-0.25, -0.2) is 0 Å². The number of ether oxygens (including phenoxy) is 14. The first-order valence-electron chi connectivity index (χ1n) is 32.7. The predicted molar refractivity (Wildman–Crippen MR) is 359 cm³/mol. The van der Waals surface area contributed by atoms with Gasteiger partial charge >= 0.3 is 0 Å². The molecule has 6 saturated heterocycles. The molecule has 6 aliphatic heterocycles. The summed E-state index contributed by atoms with van der Waals surface area (Å²) >= 11 is 0. The van der Waals surface area contributed by atoms with E-state index in [2.05, 4.69) is 175 Å². The van der Waals surface area contributed by atoms with Crippen molar-refractivity contribution in [3.05, 3.63) is 228 Å². The molecule has 8 aromatic carbocycles. The third kappa shape index (κ3) is 19.2. The van der Waals surface area contributed by atoms with Crippen LogP contribution in [0.5, 0.6) is 34.5 Å². The standard InChI is InChI=1S/C33H32O4.C25H32O6.C21H24O4/c1-33(2,25-13-15-31(36-21-27-19-34-27)29(17-25)23-9-5-3-6-10-23)26-14-16-32(37-22-28-20-35-28)30(18-26)24-11-7-4-8-12-24;1-25(2,19-3-7-21(8-4-19)28-13-11-26-15-23-17-30-23)20-5-9-22(10-6-20)29-14-12-27-16-24-18-31-24;1-21(2,15-3-7-17(8-4-15)22-11-19-13-24-19)16-5-9-18(10-6-16)23-12-20-14-25-20/h3-18,27-28H,19-22H2,1-2H3;3-10,23-24H,11-18H2,1-2H3;3-10,19-20H,11-14H2,1-2H3. The van der Waals surface area contributed by atoms with Gasteiger partial charge in [0.05, 0.1) is 66.1 Å². The van der Waals surface area contributed by atoms with Crippen LogP contribution in [0.4, 0.5) is 0 Å². The van der Waals surface area contributed by atoms with Crippen LogP contribution in [0.15, 0.2) is 194 Å². The number of epoxide rings is 6. The number of rotatable bonds is 32. The van der Waals surface area contributed by atoms with E-state index in [4.69, 9.17) is 66.3 Å². The van der Waals surface area contributed by atoms with Gasteiger partial charge in [0, 0.05) is 27.4 Å². The Labute approximate surface area is 548 Å². The van der Waals surface area contributed by atoms with Crippen molar-refractivity contribution in [3.8, 4) is 56.8 Å². The van der Waals surface area contributed by atoms with Gasteiger partial charge in [0.2, 0.25) is 0 Å². The number of hydrogen-bond donors (Lipinski definition) is 0. The van der Waals surface area contributed by atoms with E-state index in [0.717, 1.165) is 96.4 Å². The van der Waals surface area contributed by atoms with Gasteiger partial charge in [0.15, 0.2) is 0 Å². The molecule has 0 bridgehead atoms. The maximum Gasteiger partial charge on any atom is 0.127 e. The van der Waals surface area contributed by atoms with E-state index in [0.29, 0.717) is 78.3 Å². The van der Waals surface area contributed by atoms with E-state index >= 15 is 0 Å². The molecule has 14 rings (SSSR count). The molecule has 0 saturated carbocycles. The fraction of sp³-hybridized carbons (Fsp3) is 0.392. The van der Waals surface area contributed by atoms with Gasteiger partial charge in [-0.3, -0.25) is 0 Å². The summed E-state index contributed by atoms with van der Waals surface area (Å²) in [5, 5.41) is 0. The first-order chi connectivity index (χ1) is 45.3. The molecule has 6 atom stereocenters. The topological polar surface area (TPSA) is 149 Å². The molecule has 6 unspecified atom stereocenters. The van der Waals surface area contributed by atoms with Crippen molar-refractivity contribution < 1.29 is 66.3 Å². The monoisotopic (exact) mass is 1260 g/mol. The highest BCUT2D eigenvalue weighted by Crippen LogP contribution is 2.42. The van der Waals surface area contributed by atoms with Crippen LogP contribution >= 0.6 is 0 Å². The summed E-state index contributed by atoms with van der Waals surface area (Å²) in [7, 11) is 0. The Morgan fingerprint density at radius 2 is 0.538 bits per heavy atom. The second kappa shape index (κ2) is 30.5. The van der Waals surface area contributed by atoms with E-state index in [1.165, 1.54) is 33.4 Å². The minimum absolute atomic E-state index is 0.0870. The Bertz CT molecular complexity index is 3360. The lowest BCUT2D eigenvalue weighted by Crippen LogP contribution is -2.19. The SMILES string of the molecule is CC(C)(c1ccc(OCC2CO2)c(-c2ccccc2)c1)c1ccc(OCC2CO2)c(-c2ccccc2)c1.CC(C)(c1ccc(OCC2CO2)cc1)c1ccc(OCC2CO2)cc1.CC(C)(c1ccc(OCCOCC2CO2)cc1)c1ccc(OCCOCC2CO2)cc1. The second-order valence-electron chi connectivity index (χ2n) is 25.9. The van der Waals surface area contributed by atoms with E-state index in [9.17, 15) is 0 Å². The van der Waals surface area contributed by atoms with E-state index in [1.807, 2.05) is 60.7 Å². The maximum absolute atomic E-state index is 6.18. The van der Waals surface area contributed by atoms with Gasteiger partial charge in [0.25, 0.3) is 0 Å². The molecular formula is C79H88O14. The Morgan fingerprint density at radius 3 is 0.839 bits per heavy atom. The van der Waals surface area contributed by atoms with Crippen molar-refractivity contribution in [2.24, 2.45) is 0 Å². The first-order valence-corrected chi connectivity index (χ1v) is 32.7. The van der Waals surface area contributed by atoms with Crippen LogP contribution in [0.2, 0.25) is 0 Å². The molecule has 0 spiro atoms. The van der Waals surface area contributed by atoms with Gasteiger partial charge in [-0.15, -0.1) is 0 Å². The van der Waals surface area contributed by atoms with E-state index in [1.54, 1.807) is 0 Å². The van der Waals surface area contributed by atoms with Gasteiger partial charge in [-0.05, 0) is 117 Å². The smallest absolute Gasteiger partial charge is 0.127 e. The first kappa shape index (κ1) is 65.3. The predicted octanol–water partition coefficient (Wildman–Crippen LogP) is 14.1. The van der Waals surface area contributed by atoms with Crippen molar-refractivity contribution in [1.82, 2.24) is 0 Å². The van der Waals surface area contributed by atoms with Crippen LogP contribution in [-0.2, 0) is 54.1 Å². The molecule has 93 heavy (non-hydrogen) atoms. The summed E-state index contributed by atoms with van der Waals surface area (Å²) in [5.41, 5.74) is 11.4. The van der Waals surface area contributed by atoms with E-state index < -0.39 is 0 Å². The quantitative estimate of drug-likeness (QED) is 0.0291. The second-order valence-corrected chi connectivity index (χ2v) is 25.9. The van der Waals surface area contributed by atoms with Crippen molar-refractivity contribution >= 4 is 0 Å².